The van der Waals surface area contributed by atoms with Gasteiger partial charge in [-0.25, -0.2) is 0 Å². The molecule has 2 heterocycles. The lowest BCUT2D eigenvalue weighted by atomic mass is 10.2. The summed E-state index contributed by atoms with van der Waals surface area (Å²) >= 11 is 0. The minimum Gasteiger partial charge on any atom is -0.464 e. The third-order valence-corrected chi connectivity index (χ3v) is 2.63. The minimum atomic E-state index is -0.175. The molecule has 0 bridgehead atoms. The summed E-state index contributed by atoms with van der Waals surface area (Å²) < 4.78 is 5.24. The molecule has 0 unspecified atom stereocenters. The normalized spacial score (nSPS) is 10.4. The van der Waals surface area contributed by atoms with E-state index in [0.29, 0.717) is 5.56 Å². The molecule has 0 spiro atoms. The number of furan rings is 1. The summed E-state index contributed by atoms with van der Waals surface area (Å²) in [5.74, 6) is -0.175. The first-order valence-corrected chi connectivity index (χ1v) is 5.51. The van der Waals surface area contributed by atoms with Gasteiger partial charge < -0.3 is 9.73 Å². The van der Waals surface area contributed by atoms with Gasteiger partial charge in [0.25, 0.3) is 5.91 Å². The highest BCUT2D eigenvalue weighted by Gasteiger charge is 2.06. The van der Waals surface area contributed by atoms with Crippen LogP contribution in [0.4, 0.5) is 5.69 Å². The van der Waals surface area contributed by atoms with Crippen molar-refractivity contribution in [2.45, 2.75) is 0 Å². The molecule has 1 amide bonds. The molecule has 3 rings (SSSR count). The summed E-state index contributed by atoms with van der Waals surface area (Å²) in [5.41, 5.74) is 2.07. The van der Waals surface area contributed by atoms with E-state index < -0.39 is 0 Å². The Morgan fingerprint density at radius 1 is 1.22 bits per heavy atom. The molecule has 0 fully saturated rings. The molecule has 1 N–H and O–H groups in total. The maximum Gasteiger partial charge on any atom is 0.257 e. The standard InChI is InChI=1S/C14H10N2O2/c17-14(11-2-1-6-15-9-11)16-12-3-4-13-10(8-12)5-7-18-13/h1-9H,(H,16,17). The second-order valence-corrected chi connectivity index (χ2v) is 3.87. The van der Waals surface area contributed by atoms with Crippen LogP contribution in [0.3, 0.4) is 0 Å². The van der Waals surface area contributed by atoms with Crippen LogP contribution in [0.25, 0.3) is 11.0 Å². The smallest absolute Gasteiger partial charge is 0.257 e. The van der Waals surface area contributed by atoms with E-state index in [0.717, 1.165) is 16.7 Å². The maximum absolute atomic E-state index is 11.9. The number of pyridine rings is 1. The van der Waals surface area contributed by atoms with Crippen LogP contribution in [0.15, 0.2) is 59.5 Å². The summed E-state index contributed by atoms with van der Waals surface area (Å²) in [6.07, 6.45) is 4.79. The van der Waals surface area contributed by atoms with Crippen molar-refractivity contribution in [1.82, 2.24) is 4.98 Å². The molecule has 0 radical (unpaired) electrons. The van der Waals surface area contributed by atoms with Gasteiger partial charge >= 0.3 is 0 Å². The van der Waals surface area contributed by atoms with E-state index in [4.69, 9.17) is 4.42 Å². The van der Waals surface area contributed by atoms with E-state index in [1.165, 1.54) is 6.20 Å². The van der Waals surface area contributed by atoms with Crippen molar-refractivity contribution in [2.75, 3.05) is 5.32 Å². The largest absolute Gasteiger partial charge is 0.464 e. The third kappa shape index (κ3) is 1.96. The number of carbonyl (C=O) groups is 1. The lowest BCUT2D eigenvalue weighted by molar-refractivity contribution is 0.102. The first-order chi connectivity index (χ1) is 8.83. The second kappa shape index (κ2) is 4.33. The Hall–Kier alpha value is -2.62. The Kier molecular flexibility index (Phi) is 2.53. The topological polar surface area (TPSA) is 55.1 Å². The number of aromatic nitrogens is 1. The Labute approximate surface area is 103 Å². The zero-order valence-electron chi connectivity index (χ0n) is 9.46. The van der Waals surface area contributed by atoms with Crippen molar-refractivity contribution in [1.29, 1.82) is 0 Å². The number of nitrogens with one attached hydrogen (secondary N) is 1. The molecule has 0 saturated heterocycles. The van der Waals surface area contributed by atoms with Gasteiger partial charge in [0.1, 0.15) is 5.58 Å². The van der Waals surface area contributed by atoms with Gasteiger partial charge in [-0.05, 0) is 36.4 Å². The van der Waals surface area contributed by atoms with Crippen molar-refractivity contribution < 1.29 is 9.21 Å². The number of hydrogen-bond acceptors (Lipinski definition) is 3. The molecule has 0 aliphatic carbocycles. The summed E-state index contributed by atoms with van der Waals surface area (Å²) in [4.78, 5) is 15.8. The van der Waals surface area contributed by atoms with Crippen LogP contribution < -0.4 is 5.32 Å². The lowest BCUT2D eigenvalue weighted by Crippen LogP contribution is -2.11. The molecule has 0 atom stereocenters. The van der Waals surface area contributed by atoms with E-state index in [1.807, 2.05) is 18.2 Å². The third-order valence-electron chi connectivity index (χ3n) is 2.63. The van der Waals surface area contributed by atoms with Gasteiger partial charge in [0.05, 0.1) is 11.8 Å². The van der Waals surface area contributed by atoms with E-state index in [-0.39, 0.29) is 5.91 Å². The lowest BCUT2D eigenvalue weighted by Gasteiger charge is -2.04. The van der Waals surface area contributed by atoms with Crippen LogP contribution >= 0.6 is 0 Å². The van der Waals surface area contributed by atoms with Crippen molar-refractivity contribution >= 4 is 22.6 Å². The number of benzene rings is 1. The highest BCUT2D eigenvalue weighted by atomic mass is 16.3. The Balaban J connectivity index is 1.86. The quantitative estimate of drug-likeness (QED) is 0.746. The van der Waals surface area contributed by atoms with Crippen molar-refractivity contribution in [2.24, 2.45) is 0 Å². The molecule has 4 nitrogen and oxygen atoms in total. The second-order valence-electron chi connectivity index (χ2n) is 3.87. The average Bonchev–Trinajstić information content (AvgIpc) is 2.87. The Morgan fingerprint density at radius 2 is 2.17 bits per heavy atom. The molecule has 4 heteroatoms. The number of carbonyl (C=O) groups excluding carboxylic acids is 1. The van der Waals surface area contributed by atoms with Crippen LogP contribution in [0, 0.1) is 0 Å². The number of hydrogen-bond donors (Lipinski definition) is 1. The zero-order chi connectivity index (χ0) is 12.4. The molecule has 2 aromatic heterocycles. The predicted molar refractivity (Wildman–Crippen MR) is 68.4 cm³/mol. The molecule has 0 saturated carbocycles. The molecule has 1 aromatic carbocycles. The fraction of sp³-hybridized carbons (Fsp3) is 0. The first kappa shape index (κ1) is 10.5. The fourth-order valence-electron chi connectivity index (χ4n) is 1.74. The van der Waals surface area contributed by atoms with Crippen LogP contribution in [0.1, 0.15) is 10.4 Å². The van der Waals surface area contributed by atoms with E-state index in [2.05, 4.69) is 10.3 Å². The number of fused-ring (bicyclic) bond motifs is 1. The van der Waals surface area contributed by atoms with Crippen molar-refractivity contribution in [3.05, 3.63) is 60.6 Å². The van der Waals surface area contributed by atoms with Gasteiger partial charge in [0.15, 0.2) is 0 Å². The number of amides is 1. The highest BCUT2D eigenvalue weighted by Crippen LogP contribution is 2.20. The SMILES string of the molecule is O=C(Nc1ccc2occc2c1)c1cccnc1. The van der Waals surface area contributed by atoms with Crippen LogP contribution in [0.5, 0.6) is 0 Å². The van der Waals surface area contributed by atoms with E-state index in [1.54, 1.807) is 30.7 Å². The van der Waals surface area contributed by atoms with Crippen molar-refractivity contribution in [3.63, 3.8) is 0 Å². The van der Waals surface area contributed by atoms with Crippen LogP contribution in [-0.2, 0) is 0 Å². The van der Waals surface area contributed by atoms with E-state index >= 15 is 0 Å². The van der Waals surface area contributed by atoms with Gasteiger partial charge in [0, 0.05) is 23.5 Å². The number of anilines is 1. The summed E-state index contributed by atoms with van der Waals surface area (Å²) in [7, 11) is 0. The minimum absolute atomic E-state index is 0.175. The predicted octanol–water partition coefficient (Wildman–Crippen LogP) is 3.08. The molecule has 3 aromatic rings. The monoisotopic (exact) mass is 238 g/mol. The summed E-state index contributed by atoms with van der Waals surface area (Å²) in [6, 6.07) is 10.8. The number of nitrogens with zero attached hydrogens (tertiary/aromatic N) is 1. The Bertz CT molecular complexity index is 689. The van der Waals surface area contributed by atoms with Gasteiger partial charge in [-0.2, -0.15) is 0 Å². The van der Waals surface area contributed by atoms with Gasteiger partial charge in [-0.1, -0.05) is 0 Å². The molecule has 0 aliphatic heterocycles. The van der Waals surface area contributed by atoms with Crippen LogP contribution in [0.2, 0.25) is 0 Å². The zero-order valence-corrected chi connectivity index (χ0v) is 9.46. The molecular weight excluding hydrogens is 228 g/mol. The molecule has 18 heavy (non-hydrogen) atoms. The maximum atomic E-state index is 11.9. The summed E-state index contributed by atoms with van der Waals surface area (Å²) in [5, 5.41) is 3.78. The fourth-order valence-corrected chi connectivity index (χ4v) is 1.74. The summed E-state index contributed by atoms with van der Waals surface area (Å²) in [6.45, 7) is 0. The van der Waals surface area contributed by atoms with Gasteiger partial charge in [-0.15, -0.1) is 0 Å². The molecular formula is C14H10N2O2. The van der Waals surface area contributed by atoms with E-state index in [9.17, 15) is 4.79 Å². The average molecular weight is 238 g/mol. The Morgan fingerprint density at radius 3 is 3.00 bits per heavy atom. The molecule has 88 valence electrons. The first-order valence-electron chi connectivity index (χ1n) is 5.51. The number of rotatable bonds is 2. The van der Waals surface area contributed by atoms with Gasteiger partial charge in [-0.3, -0.25) is 9.78 Å². The van der Waals surface area contributed by atoms with Gasteiger partial charge in [0.2, 0.25) is 0 Å². The highest BCUT2D eigenvalue weighted by molar-refractivity contribution is 6.04. The van der Waals surface area contributed by atoms with Crippen LogP contribution in [-0.4, -0.2) is 10.9 Å². The van der Waals surface area contributed by atoms with Crippen molar-refractivity contribution in [3.8, 4) is 0 Å². The molecule has 0 aliphatic rings.